The standard InChI is InChI=1S/C17H25N5O3/c1-13(12-22-7-6-18-14(22)2)10-20-17(23)21-15-4-5-16(19-11-15)25-9-8-24-3/h4-7,11,13H,8-10,12H2,1-3H3,(H2,20,21,23). The number of amides is 2. The van der Waals surface area contributed by atoms with Crippen LogP contribution in [0, 0.1) is 12.8 Å². The number of aryl methyl sites for hydroxylation is 1. The molecule has 0 aliphatic carbocycles. The van der Waals surface area contributed by atoms with Crippen LogP contribution in [0.2, 0.25) is 0 Å². The van der Waals surface area contributed by atoms with E-state index in [4.69, 9.17) is 9.47 Å². The van der Waals surface area contributed by atoms with Gasteiger partial charge in [0, 0.05) is 38.7 Å². The van der Waals surface area contributed by atoms with Crippen LogP contribution in [-0.4, -0.2) is 47.4 Å². The summed E-state index contributed by atoms with van der Waals surface area (Å²) in [4.78, 5) is 20.3. The Bertz CT molecular complexity index is 657. The molecular weight excluding hydrogens is 322 g/mol. The first-order valence-corrected chi connectivity index (χ1v) is 8.19. The molecule has 2 aromatic heterocycles. The number of nitrogens with one attached hydrogen (secondary N) is 2. The van der Waals surface area contributed by atoms with E-state index >= 15 is 0 Å². The van der Waals surface area contributed by atoms with Gasteiger partial charge in [-0.2, -0.15) is 0 Å². The molecule has 1 unspecified atom stereocenters. The molecule has 2 heterocycles. The number of nitrogens with zero attached hydrogens (tertiary/aromatic N) is 3. The number of ether oxygens (including phenoxy) is 2. The number of hydrogen-bond acceptors (Lipinski definition) is 5. The van der Waals surface area contributed by atoms with Crippen molar-refractivity contribution in [2.24, 2.45) is 5.92 Å². The Kier molecular flexibility index (Phi) is 7.21. The first-order chi connectivity index (χ1) is 12.1. The highest BCUT2D eigenvalue weighted by Crippen LogP contribution is 2.11. The third kappa shape index (κ3) is 6.42. The lowest BCUT2D eigenvalue weighted by Gasteiger charge is -2.15. The van der Waals surface area contributed by atoms with Crippen molar-refractivity contribution < 1.29 is 14.3 Å². The van der Waals surface area contributed by atoms with E-state index < -0.39 is 0 Å². The highest BCUT2D eigenvalue weighted by atomic mass is 16.5. The van der Waals surface area contributed by atoms with Crippen molar-refractivity contribution in [2.45, 2.75) is 20.4 Å². The monoisotopic (exact) mass is 347 g/mol. The van der Waals surface area contributed by atoms with Gasteiger partial charge in [0.1, 0.15) is 12.4 Å². The van der Waals surface area contributed by atoms with Crippen molar-refractivity contribution in [3.8, 4) is 5.88 Å². The van der Waals surface area contributed by atoms with Gasteiger partial charge in [-0.15, -0.1) is 0 Å². The average Bonchev–Trinajstić information content (AvgIpc) is 3.00. The van der Waals surface area contributed by atoms with Crippen molar-refractivity contribution in [1.29, 1.82) is 0 Å². The van der Waals surface area contributed by atoms with Crippen LogP contribution in [0.1, 0.15) is 12.7 Å². The summed E-state index contributed by atoms with van der Waals surface area (Å²) in [6.45, 7) is 6.35. The Morgan fingerprint density at radius 1 is 1.32 bits per heavy atom. The molecule has 0 fully saturated rings. The summed E-state index contributed by atoms with van der Waals surface area (Å²) in [7, 11) is 1.61. The van der Waals surface area contributed by atoms with Crippen molar-refractivity contribution >= 4 is 11.7 Å². The highest BCUT2D eigenvalue weighted by molar-refractivity contribution is 5.88. The molecule has 25 heavy (non-hydrogen) atoms. The van der Waals surface area contributed by atoms with Gasteiger partial charge in [0.15, 0.2) is 0 Å². The predicted octanol–water partition coefficient (Wildman–Crippen LogP) is 2.07. The van der Waals surface area contributed by atoms with Crippen molar-refractivity contribution in [3.05, 3.63) is 36.5 Å². The first-order valence-electron chi connectivity index (χ1n) is 8.19. The SMILES string of the molecule is COCCOc1ccc(NC(=O)NCC(C)Cn2ccnc2C)cn1. The zero-order valence-corrected chi connectivity index (χ0v) is 14.9. The van der Waals surface area contributed by atoms with E-state index in [9.17, 15) is 4.79 Å². The molecule has 0 aliphatic rings. The predicted molar refractivity (Wildman–Crippen MR) is 94.8 cm³/mol. The van der Waals surface area contributed by atoms with E-state index in [0.717, 1.165) is 12.4 Å². The van der Waals surface area contributed by atoms with Gasteiger partial charge < -0.3 is 24.7 Å². The van der Waals surface area contributed by atoms with Crippen LogP contribution in [0.3, 0.4) is 0 Å². The molecule has 2 aromatic rings. The number of carbonyl (C=O) groups is 1. The second kappa shape index (κ2) is 9.63. The van der Waals surface area contributed by atoms with Crippen molar-refractivity contribution in [2.75, 3.05) is 32.2 Å². The Balaban J connectivity index is 1.71. The van der Waals surface area contributed by atoms with E-state index in [1.807, 2.05) is 13.1 Å². The van der Waals surface area contributed by atoms with Crippen molar-refractivity contribution in [3.63, 3.8) is 0 Å². The second-order valence-electron chi connectivity index (χ2n) is 5.79. The van der Waals surface area contributed by atoms with Gasteiger partial charge in [0.2, 0.25) is 5.88 Å². The van der Waals surface area contributed by atoms with Gasteiger partial charge in [-0.1, -0.05) is 6.92 Å². The third-order valence-electron chi connectivity index (χ3n) is 3.57. The second-order valence-corrected chi connectivity index (χ2v) is 5.79. The number of anilines is 1. The van der Waals surface area contributed by atoms with Crippen molar-refractivity contribution in [1.82, 2.24) is 19.9 Å². The molecule has 2 N–H and O–H groups in total. The number of urea groups is 1. The smallest absolute Gasteiger partial charge is 0.319 e. The maximum atomic E-state index is 12.0. The van der Waals surface area contributed by atoms with Gasteiger partial charge in [0.25, 0.3) is 0 Å². The normalized spacial score (nSPS) is 11.8. The minimum atomic E-state index is -0.260. The molecule has 0 radical (unpaired) electrons. The number of methoxy groups -OCH3 is 1. The number of aromatic nitrogens is 3. The lowest BCUT2D eigenvalue weighted by molar-refractivity contribution is 0.144. The molecule has 8 heteroatoms. The number of hydrogen-bond donors (Lipinski definition) is 2. The van der Waals surface area contributed by atoms with E-state index in [2.05, 4.69) is 32.1 Å². The summed E-state index contributed by atoms with van der Waals surface area (Å²) in [5, 5.41) is 5.61. The topological polar surface area (TPSA) is 90.3 Å². The van der Waals surface area contributed by atoms with Crippen LogP contribution >= 0.6 is 0 Å². The van der Waals surface area contributed by atoms with Gasteiger partial charge in [-0.3, -0.25) is 0 Å². The zero-order valence-electron chi connectivity index (χ0n) is 14.9. The molecule has 8 nitrogen and oxygen atoms in total. The summed E-state index contributed by atoms with van der Waals surface area (Å²) >= 11 is 0. The van der Waals surface area contributed by atoms with Gasteiger partial charge in [0.05, 0.1) is 18.5 Å². The number of imidazole rings is 1. The number of pyridine rings is 1. The fourth-order valence-corrected chi connectivity index (χ4v) is 2.21. The number of rotatable bonds is 9. The molecule has 2 amide bonds. The van der Waals surface area contributed by atoms with Crippen LogP contribution in [0.5, 0.6) is 5.88 Å². The van der Waals surface area contributed by atoms with Crippen LogP contribution in [0.4, 0.5) is 10.5 Å². The lowest BCUT2D eigenvalue weighted by Crippen LogP contribution is -2.33. The Labute approximate surface area is 147 Å². The largest absolute Gasteiger partial charge is 0.475 e. The molecular formula is C17H25N5O3. The fraction of sp³-hybridized carbons (Fsp3) is 0.471. The average molecular weight is 347 g/mol. The molecule has 136 valence electrons. The molecule has 0 saturated carbocycles. The molecule has 0 spiro atoms. The van der Waals surface area contributed by atoms with Crippen LogP contribution in [0.25, 0.3) is 0 Å². The summed E-state index contributed by atoms with van der Waals surface area (Å²) in [5.41, 5.74) is 0.606. The summed E-state index contributed by atoms with van der Waals surface area (Å²) in [6.07, 6.45) is 5.27. The number of carbonyl (C=O) groups excluding carboxylic acids is 1. The Morgan fingerprint density at radius 3 is 2.80 bits per heavy atom. The van der Waals surface area contributed by atoms with E-state index in [0.29, 0.717) is 31.3 Å². The summed E-state index contributed by atoms with van der Waals surface area (Å²) in [5.74, 6) is 1.75. The summed E-state index contributed by atoms with van der Waals surface area (Å²) < 4.78 is 12.3. The van der Waals surface area contributed by atoms with Crippen LogP contribution in [0.15, 0.2) is 30.7 Å². The first kappa shape index (κ1) is 18.7. The maximum absolute atomic E-state index is 12.0. The molecule has 0 aliphatic heterocycles. The Hall–Kier alpha value is -2.61. The fourth-order valence-electron chi connectivity index (χ4n) is 2.21. The minimum Gasteiger partial charge on any atom is -0.475 e. The maximum Gasteiger partial charge on any atom is 0.319 e. The molecule has 1 atom stereocenters. The van der Waals surface area contributed by atoms with Crippen LogP contribution in [-0.2, 0) is 11.3 Å². The van der Waals surface area contributed by atoms with Crippen LogP contribution < -0.4 is 15.4 Å². The molecule has 2 rings (SSSR count). The van der Waals surface area contributed by atoms with E-state index in [1.54, 1.807) is 31.6 Å². The highest BCUT2D eigenvalue weighted by Gasteiger charge is 2.08. The minimum absolute atomic E-state index is 0.260. The van der Waals surface area contributed by atoms with E-state index in [1.165, 1.54) is 0 Å². The molecule has 0 bridgehead atoms. The zero-order chi connectivity index (χ0) is 18.1. The molecule has 0 aromatic carbocycles. The molecule has 0 saturated heterocycles. The lowest BCUT2D eigenvalue weighted by atomic mass is 10.2. The van der Waals surface area contributed by atoms with Gasteiger partial charge in [-0.25, -0.2) is 14.8 Å². The summed E-state index contributed by atoms with van der Waals surface area (Å²) in [6, 6.07) is 3.19. The van der Waals surface area contributed by atoms with E-state index in [-0.39, 0.29) is 11.9 Å². The Morgan fingerprint density at radius 2 is 2.16 bits per heavy atom. The third-order valence-corrected chi connectivity index (χ3v) is 3.57. The van der Waals surface area contributed by atoms with Gasteiger partial charge >= 0.3 is 6.03 Å². The quantitative estimate of drug-likeness (QED) is 0.678. The van der Waals surface area contributed by atoms with Gasteiger partial charge in [-0.05, 0) is 18.9 Å².